The van der Waals surface area contributed by atoms with Gasteiger partial charge in [0.15, 0.2) is 5.82 Å². The summed E-state index contributed by atoms with van der Waals surface area (Å²) in [5.41, 5.74) is 2.55. The molecule has 0 atom stereocenters. The highest BCUT2D eigenvalue weighted by Gasteiger charge is 2.20. The second-order valence-electron chi connectivity index (χ2n) is 4.16. The number of imidazole rings is 1. The van der Waals surface area contributed by atoms with Crippen molar-refractivity contribution < 1.29 is 4.39 Å². The molecule has 0 saturated carbocycles. The molecule has 0 bridgehead atoms. The highest BCUT2D eigenvalue weighted by Crippen LogP contribution is 2.30. The van der Waals surface area contributed by atoms with Crippen LogP contribution in [-0.2, 0) is 6.54 Å². The summed E-state index contributed by atoms with van der Waals surface area (Å²) in [6.07, 6.45) is 4.94. The van der Waals surface area contributed by atoms with Crippen molar-refractivity contribution in [3.05, 3.63) is 48.6 Å². The highest BCUT2D eigenvalue weighted by atomic mass is 19.1. The summed E-state index contributed by atoms with van der Waals surface area (Å²) in [5.74, 6) is 0.468. The first kappa shape index (κ1) is 9.52. The van der Waals surface area contributed by atoms with Crippen molar-refractivity contribution in [3.8, 4) is 17.1 Å². The summed E-state index contributed by atoms with van der Waals surface area (Å²) < 4.78 is 17.1. The number of rotatable bonds is 0. The quantitative estimate of drug-likeness (QED) is 0.470. The van der Waals surface area contributed by atoms with Crippen molar-refractivity contribution in [1.82, 2.24) is 24.3 Å². The summed E-state index contributed by atoms with van der Waals surface area (Å²) in [6, 6.07) is 4.64. The van der Waals surface area contributed by atoms with Crippen LogP contribution in [0, 0.1) is 5.82 Å². The topological polar surface area (TPSA) is 48.5 Å². The third kappa shape index (κ3) is 1.17. The minimum atomic E-state index is -0.277. The van der Waals surface area contributed by atoms with Crippen LogP contribution in [0.1, 0.15) is 5.69 Å². The van der Waals surface area contributed by atoms with Crippen LogP contribution in [0.25, 0.3) is 17.1 Å². The number of hydrogen-bond donors (Lipinski definition) is 0. The van der Waals surface area contributed by atoms with Gasteiger partial charge in [-0.25, -0.2) is 19.0 Å². The molecule has 5 nitrogen and oxygen atoms in total. The van der Waals surface area contributed by atoms with Gasteiger partial charge in [-0.3, -0.25) is 0 Å². The fraction of sp³-hybridized carbons (Fsp3) is 0.0833. The molecule has 0 N–H and O–H groups in total. The van der Waals surface area contributed by atoms with Gasteiger partial charge in [0.2, 0.25) is 0 Å². The first-order valence-corrected chi connectivity index (χ1v) is 5.52. The van der Waals surface area contributed by atoms with E-state index in [9.17, 15) is 4.39 Å². The van der Waals surface area contributed by atoms with Crippen molar-refractivity contribution in [3.63, 3.8) is 0 Å². The lowest BCUT2D eigenvalue weighted by Crippen LogP contribution is -2.03. The number of fused-ring (bicyclic) bond motifs is 5. The predicted octanol–water partition coefficient (Wildman–Crippen LogP) is 1.63. The SMILES string of the molecule is Fc1ccc2c(c1)-n1cncc1Cn1ncnc1-2. The Morgan fingerprint density at radius 1 is 1.28 bits per heavy atom. The number of nitrogens with zero attached hydrogens (tertiary/aromatic N) is 5. The van der Waals surface area contributed by atoms with Crippen LogP contribution in [0.3, 0.4) is 0 Å². The van der Waals surface area contributed by atoms with Crippen LogP contribution in [0.2, 0.25) is 0 Å². The minimum Gasteiger partial charge on any atom is -0.301 e. The average molecular weight is 241 g/mol. The van der Waals surface area contributed by atoms with Crippen molar-refractivity contribution in [1.29, 1.82) is 0 Å². The van der Waals surface area contributed by atoms with Crippen molar-refractivity contribution >= 4 is 0 Å². The monoisotopic (exact) mass is 241 g/mol. The molecule has 3 heterocycles. The molecular weight excluding hydrogens is 233 g/mol. The lowest BCUT2D eigenvalue weighted by molar-refractivity contribution is 0.626. The standard InChI is InChI=1S/C12H8FN5/c13-8-1-2-10-11(3-8)17-7-14-4-9(17)5-18-12(10)15-6-16-18/h1-4,6-7H,5H2. The van der Waals surface area contributed by atoms with Crippen LogP contribution >= 0.6 is 0 Å². The fourth-order valence-electron chi connectivity index (χ4n) is 2.29. The zero-order chi connectivity index (χ0) is 12.1. The Balaban J connectivity index is 2.13. The second-order valence-corrected chi connectivity index (χ2v) is 4.16. The smallest absolute Gasteiger partial charge is 0.160 e. The maximum Gasteiger partial charge on any atom is 0.160 e. The third-order valence-electron chi connectivity index (χ3n) is 3.10. The van der Waals surface area contributed by atoms with Crippen LogP contribution in [0.4, 0.5) is 4.39 Å². The Hall–Kier alpha value is -2.50. The van der Waals surface area contributed by atoms with Crippen LogP contribution < -0.4 is 0 Å². The van der Waals surface area contributed by atoms with E-state index >= 15 is 0 Å². The molecule has 1 aliphatic rings. The van der Waals surface area contributed by atoms with Gasteiger partial charge in [-0.15, -0.1) is 0 Å². The number of hydrogen-bond acceptors (Lipinski definition) is 3. The Kier molecular flexibility index (Phi) is 1.72. The minimum absolute atomic E-state index is 0.277. The van der Waals surface area contributed by atoms with E-state index in [1.54, 1.807) is 23.3 Å². The fourth-order valence-corrected chi connectivity index (χ4v) is 2.29. The van der Waals surface area contributed by atoms with Gasteiger partial charge in [0, 0.05) is 5.56 Å². The zero-order valence-corrected chi connectivity index (χ0v) is 9.29. The first-order chi connectivity index (χ1) is 8.83. The van der Waals surface area contributed by atoms with Gasteiger partial charge in [0.1, 0.15) is 12.1 Å². The van der Waals surface area contributed by atoms with Gasteiger partial charge < -0.3 is 4.57 Å². The largest absolute Gasteiger partial charge is 0.301 e. The van der Waals surface area contributed by atoms with E-state index in [1.807, 2.05) is 4.57 Å². The van der Waals surface area contributed by atoms with Crippen molar-refractivity contribution in [2.45, 2.75) is 6.54 Å². The van der Waals surface area contributed by atoms with Gasteiger partial charge in [0.05, 0.1) is 30.5 Å². The third-order valence-corrected chi connectivity index (χ3v) is 3.10. The molecule has 2 aromatic heterocycles. The summed E-state index contributed by atoms with van der Waals surface area (Å²) in [6.45, 7) is 0.575. The molecule has 4 rings (SSSR count). The number of aromatic nitrogens is 5. The summed E-state index contributed by atoms with van der Waals surface area (Å²) >= 11 is 0. The van der Waals surface area contributed by atoms with E-state index in [0.29, 0.717) is 6.54 Å². The van der Waals surface area contributed by atoms with E-state index in [1.165, 1.54) is 18.5 Å². The predicted molar refractivity (Wildman–Crippen MR) is 61.6 cm³/mol. The van der Waals surface area contributed by atoms with Crippen LogP contribution in [0.15, 0.2) is 37.1 Å². The molecule has 88 valence electrons. The molecule has 1 aromatic carbocycles. The summed E-state index contributed by atoms with van der Waals surface area (Å²) in [7, 11) is 0. The number of halogens is 1. The van der Waals surface area contributed by atoms with E-state index in [2.05, 4.69) is 15.1 Å². The molecule has 0 spiro atoms. The molecule has 0 radical (unpaired) electrons. The highest BCUT2D eigenvalue weighted by molar-refractivity contribution is 5.68. The van der Waals surface area contributed by atoms with Gasteiger partial charge in [-0.1, -0.05) is 0 Å². The molecule has 1 aliphatic heterocycles. The second kappa shape index (κ2) is 3.25. The van der Waals surface area contributed by atoms with E-state index < -0.39 is 0 Å². The molecule has 0 saturated heterocycles. The summed E-state index contributed by atoms with van der Waals surface area (Å²) in [5, 5.41) is 4.19. The molecule has 0 amide bonds. The Morgan fingerprint density at radius 2 is 2.22 bits per heavy atom. The van der Waals surface area contributed by atoms with Gasteiger partial charge in [0.25, 0.3) is 0 Å². The maximum atomic E-state index is 13.5. The van der Waals surface area contributed by atoms with Gasteiger partial charge >= 0.3 is 0 Å². The molecule has 0 unspecified atom stereocenters. The summed E-state index contributed by atoms with van der Waals surface area (Å²) in [4.78, 5) is 8.36. The molecule has 0 aliphatic carbocycles. The van der Waals surface area contributed by atoms with E-state index in [-0.39, 0.29) is 5.82 Å². The molecule has 18 heavy (non-hydrogen) atoms. The van der Waals surface area contributed by atoms with Gasteiger partial charge in [-0.05, 0) is 18.2 Å². The Morgan fingerprint density at radius 3 is 3.17 bits per heavy atom. The lowest BCUT2D eigenvalue weighted by Gasteiger charge is -2.07. The molecular formula is C12H8FN5. The van der Waals surface area contributed by atoms with Crippen molar-refractivity contribution in [2.24, 2.45) is 0 Å². The van der Waals surface area contributed by atoms with Crippen molar-refractivity contribution in [2.75, 3.05) is 0 Å². The van der Waals surface area contributed by atoms with Gasteiger partial charge in [-0.2, -0.15) is 5.10 Å². The molecule has 6 heteroatoms. The molecule has 0 fully saturated rings. The lowest BCUT2D eigenvalue weighted by atomic mass is 10.1. The maximum absolute atomic E-state index is 13.5. The van der Waals surface area contributed by atoms with E-state index in [0.717, 1.165) is 22.8 Å². The number of benzene rings is 1. The Bertz CT molecular complexity index is 743. The van der Waals surface area contributed by atoms with Crippen LogP contribution in [-0.4, -0.2) is 24.3 Å². The van der Waals surface area contributed by atoms with Crippen LogP contribution in [0.5, 0.6) is 0 Å². The normalized spacial score (nSPS) is 12.5. The average Bonchev–Trinajstić information content (AvgIpc) is 2.97. The first-order valence-electron chi connectivity index (χ1n) is 5.52. The molecule has 3 aromatic rings. The Labute approximate surface area is 102 Å². The van der Waals surface area contributed by atoms with E-state index in [4.69, 9.17) is 0 Å². The zero-order valence-electron chi connectivity index (χ0n) is 9.29.